The molecular weight excluding hydrogens is 292 g/mol. The predicted molar refractivity (Wildman–Crippen MR) is 103 cm³/mol. The minimum atomic E-state index is 1.02. The Kier molecular flexibility index (Phi) is 7.94. The third-order valence-corrected chi connectivity index (χ3v) is 4.66. The van der Waals surface area contributed by atoms with Gasteiger partial charge in [-0.05, 0) is 67.3 Å². The van der Waals surface area contributed by atoms with Crippen LogP contribution >= 0.6 is 0 Å². The smallest absolute Gasteiger partial charge is 0.0920 e. The van der Waals surface area contributed by atoms with Gasteiger partial charge in [0.25, 0.3) is 0 Å². The topological polar surface area (TPSA) is 25.8 Å². The maximum absolute atomic E-state index is 4.86. The highest BCUT2D eigenvalue weighted by molar-refractivity contribution is 5.61. The molecule has 0 atom stereocenters. The molecular formula is C22H32N2. The first-order valence-corrected chi connectivity index (χ1v) is 9.72. The highest BCUT2D eigenvalue weighted by Gasteiger charge is 2.16. The molecule has 2 rings (SSSR count). The molecule has 2 heterocycles. The average molecular weight is 325 g/mol. The molecule has 0 amide bonds. The second-order valence-corrected chi connectivity index (χ2v) is 6.61. The number of nitrogens with zero attached hydrogens (tertiary/aromatic N) is 2. The van der Waals surface area contributed by atoms with Crippen molar-refractivity contribution in [1.82, 2.24) is 9.97 Å². The quantitative estimate of drug-likeness (QED) is 0.522. The van der Waals surface area contributed by atoms with E-state index >= 15 is 0 Å². The fourth-order valence-electron chi connectivity index (χ4n) is 3.23. The van der Waals surface area contributed by atoms with Gasteiger partial charge in [-0.15, -0.1) is 0 Å². The summed E-state index contributed by atoms with van der Waals surface area (Å²) in [6.07, 6.45) is 14.9. The van der Waals surface area contributed by atoms with Gasteiger partial charge in [-0.1, -0.05) is 46.1 Å². The summed E-state index contributed by atoms with van der Waals surface area (Å²) in [5, 5.41) is 0. The summed E-state index contributed by atoms with van der Waals surface area (Å²) in [6, 6.07) is 6.13. The summed E-state index contributed by atoms with van der Waals surface area (Å²) in [5.41, 5.74) is 6.61. The number of aromatic nitrogens is 2. The van der Waals surface area contributed by atoms with E-state index < -0.39 is 0 Å². The lowest BCUT2D eigenvalue weighted by Gasteiger charge is -2.18. The van der Waals surface area contributed by atoms with Gasteiger partial charge in [-0.25, -0.2) is 0 Å². The second kappa shape index (κ2) is 10.2. The third-order valence-electron chi connectivity index (χ3n) is 4.66. The number of hydrogen-bond donors (Lipinski definition) is 0. The van der Waals surface area contributed by atoms with E-state index in [9.17, 15) is 0 Å². The van der Waals surface area contributed by atoms with Crippen molar-refractivity contribution in [2.45, 2.75) is 78.6 Å². The molecule has 2 heteroatoms. The lowest BCUT2D eigenvalue weighted by molar-refractivity contribution is 0.730. The highest BCUT2D eigenvalue weighted by atomic mass is 14.8. The molecule has 24 heavy (non-hydrogen) atoms. The van der Waals surface area contributed by atoms with Crippen molar-refractivity contribution in [3.63, 3.8) is 0 Å². The molecule has 2 aromatic rings. The molecule has 0 fully saturated rings. The highest BCUT2D eigenvalue weighted by Crippen LogP contribution is 2.29. The molecule has 0 unspecified atom stereocenters. The van der Waals surface area contributed by atoms with Gasteiger partial charge >= 0.3 is 0 Å². The van der Waals surface area contributed by atoms with Gasteiger partial charge in [-0.2, -0.15) is 0 Å². The zero-order chi connectivity index (χ0) is 17.2. The van der Waals surface area contributed by atoms with Crippen LogP contribution in [-0.2, 0) is 19.3 Å². The first-order valence-electron chi connectivity index (χ1n) is 9.72. The van der Waals surface area contributed by atoms with Crippen molar-refractivity contribution < 1.29 is 0 Å². The van der Waals surface area contributed by atoms with Crippen molar-refractivity contribution >= 4 is 0 Å². The Morgan fingerprint density at radius 2 is 1.42 bits per heavy atom. The summed E-state index contributed by atoms with van der Waals surface area (Å²) in [5.74, 6) is 0. The van der Waals surface area contributed by atoms with E-state index in [1.807, 2.05) is 12.3 Å². The molecule has 0 aliphatic rings. The van der Waals surface area contributed by atoms with E-state index in [0.29, 0.717) is 0 Å². The van der Waals surface area contributed by atoms with Crippen LogP contribution < -0.4 is 0 Å². The monoisotopic (exact) mass is 324 g/mol. The van der Waals surface area contributed by atoms with Crippen LogP contribution in [0.5, 0.6) is 0 Å². The molecule has 130 valence electrons. The van der Waals surface area contributed by atoms with Crippen LogP contribution in [0.1, 0.15) is 76.0 Å². The van der Waals surface area contributed by atoms with Gasteiger partial charge in [0.1, 0.15) is 0 Å². The summed E-state index contributed by atoms with van der Waals surface area (Å²) < 4.78 is 0. The van der Waals surface area contributed by atoms with Gasteiger partial charge in [0.15, 0.2) is 0 Å². The lowest BCUT2D eigenvalue weighted by atomic mass is 9.90. The first-order chi connectivity index (χ1) is 11.8. The summed E-state index contributed by atoms with van der Waals surface area (Å²) in [7, 11) is 0. The van der Waals surface area contributed by atoms with Gasteiger partial charge < -0.3 is 0 Å². The van der Waals surface area contributed by atoms with Crippen LogP contribution in [0.4, 0.5) is 0 Å². The molecule has 0 spiro atoms. The van der Waals surface area contributed by atoms with Crippen LogP contribution in [0.2, 0.25) is 0 Å². The minimum Gasteiger partial charge on any atom is -0.255 e. The molecule has 0 aliphatic heterocycles. The number of hydrogen-bond acceptors (Lipinski definition) is 2. The second-order valence-electron chi connectivity index (χ2n) is 6.61. The van der Waals surface area contributed by atoms with E-state index in [0.717, 1.165) is 24.2 Å². The van der Waals surface area contributed by atoms with Crippen molar-refractivity contribution in [3.8, 4) is 11.4 Å². The molecule has 2 aromatic heterocycles. The lowest BCUT2D eigenvalue weighted by Crippen LogP contribution is -2.06. The largest absolute Gasteiger partial charge is 0.255 e. The Bertz CT molecular complexity index is 605. The van der Waals surface area contributed by atoms with Crippen LogP contribution in [0, 0.1) is 0 Å². The Labute approximate surface area is 147 Å². The van der Waals surface area contributed by atoms with Gasteiger partial charge in [0, 0.05) is 12.4 Å². The first kappa shape index (κ1) is 18.6. The Hall–Kier alpha value is -1.70. The molecule has 0 saturated carbocycles. The minimum absolute atomic E-state index is 1.02. The Morgan fingerprint density at radius 1 is 0.750 bits per heavy atom. The molecule has 0 aliphatic carbocycles. The predicted octanol–water partition coefficient (Wildman–Crippen LogP) is 6.17. The summed E-state index contributed by atoms with van der Waals surface area (Å²) in [6.45, 7) is 6.80. The SMILES string of the molecule is CCCCc1cnc(-c2ccccn2)c(CCCC)c1CCCC. The van der Waals surface area contributed by atoms with Crippen LogP contribution in [0.3, 0.4) is 0 Å². The summed E-state index contributed by atoms with van der Waals surface area (Å²) >= 11 is 0. The van der Waals surface area contributed by atoms with Crippen molar-refractivity contribution in [3.05, 3.63) is 47.3 Å². The van der Waals surface area contributed by atoms with E-state index in [-0.39, 0.29) is 0 Å². The zero-order valence-corrected chi connectivity index (χ0v) is 15.6. The molecule has 2 nitrogen and oxygen atoms in total. The van der Waals surface area contributed by atoms with E-state index in [4.69, 9.17) is 4.98 Å². The van der Waals surface area contributed by atoms with Crippen molar-refractivity contribution in [1.29, 1.82) is 0 Å². The molecule has 0 bridgehead atoms. The molecule has 0 aromatic carbocycles. The maximum Gasteiger partial charge on any atom is 0.0920 e. The third kappa shape index (κ3) is 4.90. The number of unbranched alkanes of at least 4 members (excludes halogenated alkanes) is 3. The Balaban J connectivity index is 2.49. The van der Waals surface area contributed by atoms with E-state index in [2.05, 4.69) is 44.1 Å². The molecule has 0 radical (unpaired) electrons. The number of aryl methyl sites for hydroxylation is 1. The molecule has 0 saturated heterocycles. The Morgan fingerprint density at radius 3 is 2.04 bits per heavy atom. The zero-order valence-electron chi connectivity index (χ0n) is 15.6. The number of pyridine rings is 2. The van der Waals surface area contributed by atoms with Crippen molar-refractivity contribution in [2.75, 3.05) is 0 Å². The van der Waals surface area contributed by atoms with Crippen molar-refractivity contribution in [2.24, 2.45) is 0 Å². The van der Waals surface area contributed by atoms with Crippen LogP contribution in [0.15, 0.2) is 30.6 Å². The van der Waals surface area contributed by atoms with Gasteiger partial charge in [-0.3, -0.25) is 9.97 Å². The fourth-order valence-corrected chi connectivity index (χ4v) is 3.23. The standard InChI is InChI=1S/C22H32N2/c1-4-7-12-18-17-24-22(21-15-10-11-16-23-21)20(14-9-6-3)19(18)13-8-5-2/h10-11,15-17H,4-9,12-14H2,1-3H3. The molecule has 0 N–H and O–H groups in total. The van der Waals surface area contributed by atoms with Crippen LogP contribution in [0.25, 0.3) is 11.4 Å². The normalized spacial score (nSPS) is 11.0. The van der Waals surface area contributed by atoms with Gasteiger partial charge in [0.05, 0.1) is 11.4 Å². The van der Waals surface area contributed by atoms with Crippen LogP contribution in [-0.4, -0.2) is 9.97 Å². The van der Waals surface area contributed by atoms with E-state index in [1.54, 1.807) is 5.56 Å². The number of rotatable bonds is 10. The van der Waals surface area contributed by atoms with Gasteiger partial charge in [0.2, 0.25) is 0 Å². The average Bonchev–Trinajstić information content (AvgIpc) is 2.63. The summed E-state index contributed by atoms with van der Waals surface area (Å²) in [4.78, 5) is 9.43. The van der Waals surface area contributed by atoms with E-state index in [1.165, 1.54) is 56.1 Å². The maximum atomic E-state index is 4.86. The fraction of sp³-hybridized carbons (Fsp3) is 0.545.